The Morgan fingerprint density at radius 2 is 2.23 bits per heavy atom. The van der Waals surface area contributed by atoms with Crippen LogP contribution in [0.5, 0.6) is 0 Å². The molecule has 1 aromatic rings. The fourth-order valence-corrected chi connectivity index (χ4v) is 1.72. The third kappa shape index (κ3) is 2.00. The minimum Gasteiger partial charge on any atom is -0.387 e. The smallest absolute Gasteiger partial charge is 0.135 e. The van der Waals surface area contributed by atoms with Crippen molar-refractivity contribution in [3.05, 3.63) is 28.0 Å². The first-order valence-electron chi connectivity index (χ1n) is 3.48. The van der Waals surface area contributed by atoms with Gasteiger partial charge in [0.05, 0.1) is 11.3 Å². The highest BCUT2D eigenvalue weighted by Crippen LogP contribution is 2.29. The van der Waals surface area contributed by atoms with Crippen LogP contribution in [0, 0.1) is 11.2 Å². The standard InChI is InChI=1S/C8H7BrClFN2/c1-13-7-4(9)2-3-5(11)6(7)8(10)12/h2-3,12-13H,1H3. The zero-order valence-corrected chi connectivity index (χ0v) is 9.13. The third-order valence-electron chi connectivity index (χ3n) is 1.57. The normalized spacial score (nSPS) is 9.85. The summed E-state index contributed by atoms with van der Waals surface area (Å²) in [4.78, 5) is 0. The second kappa shape index (κ2) is 4.07. The van der Waals surface area contributed by atoms with E-state index in [2.05, 4.69) is 21.2 Å². The van der Waals surface area contributed by atoms with Crippen molar-refractivity contribution in [3.63, 3.8) is 0 Å². The molecule has 5 heteroatoms. The van der Waals surface area contributed by atoms with Crippen molar-refractivity contribution in [1.82, 2.24) is 0 Å². The second-order valence-electron chi connectivity index (χ2n) is 2.34. The molecule has 0 aromatic heterocycles. The lowest BCUT2D eigenvalue weighted by atomic mass is 10.2. The van der Waals surface area contributed by atoms with Crippen molar-refractivity contribution in [1.29, 1.82) is 5.41 Å². The van der Waals surface area contributed by atoms with Crippen molar-refractivity contribution in [3.8, 4) is 0 Å². The lowest BCUT2D eigenvalue weighted by Gasteiger charge is -2.09. The summed E-state index contributed by atoms with van der Waals surface area (Å²) in [7, 11) is 1.64. The van der Waals surface area contributed by atoms with Gasteiger partial charge in [0.15, 0.2) is 0 Å². The van der Waals surface area contributed by atoms with E-state index in [9.17, 15) is 4.39 Å². The molecule has 1 rings (SSSR count). The van der Waals surface area contributed by atoms with Crippen molar-refractivity contribution in [2.75, 3.05) is 12.4 Å². The maximum Gasteiger partial charge on any atom is 0.135 e. The Labute approximate surface area is 88.7 Å². The van der Waals surface area contributed by atoms with Gasteiger partial charge >= 0.3 is 0 Å². The van der Waals surface area contributed by atoms with E-state index in [0.717, 1.165) is 0 Å². The minimum absolute atomic E-state index is 0.0820. The maximum atomic E-state index is 13.2. The lowest BCUT2D eigenvalue weighted by molar-refractivity contribution is 0.626. The summed E-state index contributed by atoms with van der Waals surface area (Å²) in [6.07, 6.45) is 0. The molecule has 0 aliphatic rings. The Balaban J connectivity index is 3.43. The van der Waals surface area contributed by atoms with Gasteiger partial charge in [0.1, 0.15) is 11.0 Å². The molecule has 2 nitrogen and oxygen atoms in total. The van der Waals surface area contributed by atoms with Gasteiger partial charge in [-0.15, -0.1) is 0 Å². The van der Waals surface area contributed by atoms with Gasteiger partial charge in [-0.2, -0.15) is 0 Å². The molecule has 13 heavy (non-hydrogen) atoms. The fourth-order valence-electron chi connectivity index (χ4n) is 1.01. The zero-order chi connectivity index (χ0) is 10.0. The first-order chi connectivity index (χ1) is 6.07. The van der Waals surface area contributed by atoms with E-state index in [1.54, 1.807) is 13.1 Å². The molecule has 0 saturated heterocycles. The molecule has 0 amide bonds. The van der Waals surface area contributed by atoms with Crippen LogP contribution in [0.2, 0.25) is 0 Å². The monoisotopic (exact) mass is 264 g/mol. The van der Waals surface area contributed by atoms with Crippen LogP contribution in [0.4, 0.5) is 10.1 Å². The molecule has 70 valence electrons. The third-order valence-corrected chi connectivity index (χ3v) is 2.42. The molecule has 2 N–H and O–H groups in total. The molecule has 0 saturated carbocycles. The molecule has 0 atom stereocenters. The lowest BCUT2D eigenvalue weighted by Crippen LogP contribution is -2.02. The van der Waals surface area contributed by atoms with Crippen LogP contribution in [-0.2, 0) is 0 Å². The fraction of sp³-hybridized carbons (Fsp3) is 0.125. The van der Waals surface area contributed by atoms with Gasteiger partial charge in [-0.1, -0.05) is 11.6 Å². The Morgan fingerprint density at radius 1 is 1.62 bits per heavy atom. The Kier molecular flexibility index (Phi) is 3.27. The summed E-state index contributed by atoms with van der Waals surface area (Å²) in [6.45, 7) is 0. The van der Waals surface area contributed by atoms with Crippen LogP contribution in [0.1, 0.15) is 5.56 Å². The number of hydrogen-bond acceptors (Lipinski definition) is 2. The molecule has 0 bridgehead atoms. The van der Waals surface area contributed by atoms with Crippen LogP contribution < -0.4 is 5.32 Å². The Bertz CT molecular complexity index is 354. The van der Waals surface area contributed by atoms with Gasteiger partial charge < -0.3 is 5.32 Å². The summed E-state index contributed by atoms with van der Waals surface area (Å²) < 4.78 is 13.9. The topological polar surface area (TPSA) is 35.9 Å². The number of rotatable bonds is 2. The SMILES string of the molecule is CNc1c(Br)ccc(F)c1C(=N)Cl. The van der Waals surface area contributed by atoms with Crippen LogP contribution in [-0.4, -0.2) is 12.2 Å². The van der Waals surface area contributed by atoms with Gasteiger partial charge in [-0.25, -0.2) is 4.39 Å². The largest absolute Gasteiger partial charge is 0.387 e. The number of halogens is 3. The van der Waals surface area contributed by atoms with E-state index < -0.39 is 5.82 Å². The average molecular weight is 266 g/mol. The summed E-state index contributed by atoms with van der Waals surface area (Å²) in [5.41, 5.74) is 0.568. The van der Waals surface area contributed by atoms with Gasteiger partial charge in [-0.3, -0.25) is 5.41 Å². The minimum atomic E-state index is -0.507. The second-order valence-corrected chi connectivity index (χ2v) is 3.58. The molecule has 1 aromatic carbocycles. The van der Waals surface area contributed by atoms with Gasteiger partial charge in [0.25, 0.3) is 0 Å². The molecular weight excluding hydrogens is 258 g/mol. The number of nitrogens with one attached hydrogen (secondary N) is 2. The summed E-state index contributed by atoms with van der Waals surface area (Å²) in [5, 5.41) is 9.64. The van der Waals surface area contributed by atoms with Gasteiger partial charge in [-0.05, 0) is 28.1 Å². The van der Waals surface area contributed by atoms with E-state index in [1.165, 1.54) is 6.07 Å². The van der Waals surface area contributed by atoms with Crippen LogP contribution in [0.3, 0.4) is 0 Å². The quantitative estimate of drug-likeness (QED) is 0.792. The number of benzene rings is 1. The average Bonchev–Trinajstić information content (AvgIpc) is 2.07. The van der Waals surface area contributed by atoms with E-state index in [1.807, 2.05) is 0 Å². The van der Waals surface area contributed by atoms with Crippen LogP contribution in [0.15, 0.2) is 16.6 Å². The number of hydrogen-bond donors (Lipinski definition) is 2. The predicted octanol–water partition coefficient (Wildman–Crippen LogP) is 3.19. The Morgan fingerprint density at radius 3 is 2.62 bits per heavy atom. The van der Waals surface area contributed by atoms with Crippen molar-refractivity contribution >= 4 is 38.4 Å². The molecule has 0 heterocycles. The van der Waals surface area contributed by atoms with Gasteiger partial charge in [0, 0.05) is 11.5 Å². The van der Waals surface area contributed by atoms with Crippen LogP contribution >= 0.6 is 27.5 Å². The van der Waals surface area contributed by atoms with Crippen molar-refractivity contribution in [2.24, 2.45) is 0 Å². The molecule has 0 fully saturated rings. The highest BCUT2D eigenvalue weighted by atomic mass is 79.9. The zero-order valence-electron chi connectivity index (χ0n) is 6.79. The summed E-state index contributed by atoms with van der Waals surface area (Å²) in [5.74, 6) is -0.507. The molecule has 0 radical (unpaired) electrons. The molecular formula is C8H7BrClFN2. The molecule has 0 spiro atoms. The highest BCUT2D eigenvalue weighted by Gasteiger charge is 2.13. The molecule has 0 aliphatic carbocycles. The first kappa shape index (κ1) is 10.5. The highest BCUT2D eigenvalue weighted by molar-refractivity contribution is 9.10. The number of anilines is 1. The predicted molar refractivity (Wildman–Crippen MR) is 56.3 cm³/mol. The summed E-state index contributed by atoms with van der Waals surface area (Å²) in [6, 6.07) is 2.82. The van der Waals surface area contributed by atoms with Crippen LogP contribution in [0.25, 0.3) is 0 Å². The Hall–Kier alpha value is -0.610. The maximum absolute atomic E-state index is 13.2. The van der Waals surface area contributed by atoms with Crippen molar-refractivity contribution in [2.45, 2.75) is 0 Å². The van der Waals surface area contributed by atoms with E-state index in [-0.39, 0.29) is 10.7 Å². The van der Waals surface area contributed by atoms with Gasteiger partial charge in [0.2, 0.25) is 0 Å². The van der Waals surface area contributed by atoms with E-state index in [4.69, 9.17) is 17.0 Å². The molecule has 0 unspecified atom stereocenters. The summed E-state index contributed by atoms with van der Waals surface area (Å²) >= 11 is 8.67. The van der Waals surface area contributed by atoms with E-state index in [0.29, 0.717) is 10.2 Å². The van der Waals surface area contributed by atoms with Crippen molar-refractivity contribution < 1.29 is 4.39 Å². The molecule has 0 aliphatic heterocycles. The van der Waals surface area contributed by atoms with E-state index >= 15 is 0 Å². The first-order valence-corrected chi connectivity index (χ1v) is 4.65.